The first-order chi connectivity index (χ1) is 15.9. The van der Waals surface area contributed by atoms with Gasteiger partial charge in [-0.1, -0.05) is 57.9 Å². The molecule has 0 bridgehead atoms. The highest BCUT2D eigenvalue weighted by Gasteiger charge is 2.32. The number of methoxy groups -OCH3 is 1. The lowest BCUT2D eigenvalue weighted by Gasteiger charge is -2.23. The molecule has 2 aliphatic rings. The van der Waals surface area contributed by atoms with Crippen molar-refractivity contribution in [1.82, 2.24) is 0 Å². The van der Waals surface area contributed by atoms with Crippen LogP contribution in [0.1, 0.15) is 91.4 Å². The van der Waals surface area contributed by atoms with Crippen molar-refractivity contribution in [3.63, 3.8) is 0 Å². The zero-order valence-corrected chi connectivity index (χ0v) is 21.9. The highest BCUT2D eigenvalue weighted by Crippen LogP contribution is 2.39. The van der Waals surface area contributed by atoms with Gasteiger partial charge in [0.25, 0.3) is 0 Å². The molecule has 2 unspecified atom stereocenters. The number of carbonyl (C=O) groups excluding carboxylic acids is 1. The Morgan fingerprint density at radius 3 is 2.67 bits per heavy atom. The molecule has 4 atom stereocenters. The van der Waals surface area contributed by atoms with Crippen LogP contribution in [0.4, 0.5) is 0 Å². The number of rotatable bonds is 13. The first-order valence-corrected chi connectivity index (χ1v) is 13.3. The van der Waals surface area contributed by atoms with E-state index < -0.39 is 5.97 Å². The van der Waals surface area contributed by atoms with Gasteiger partial charge in [-0.05, 0) is 74.7 Å². The maximum absolute atomic E-state index is 12.1. The maximum Gasteiger partial charge on any atom is 0.373 e. The van der Waals surface area contributed by atoms with Crippen LogP contribution in [0.5, 0.6) is 0 Å². The second kappa shape index (κ2) is 14.9. The van der Waals surface area contributed by atoms with Crippen molar-refractivity contribution < 1.29 is 19.0 Å². The van der Waals surface area contributed by atoms with Gasteiger partial charge in [-0.3, -0.25) is 0 Å². The minimum Gasteiger partial charge on any atom is -0.463 e. The Balaban J connectivity index is 1.85. The molecule has 0 spiro atoms. The Labute approximate surface area is 206 Å². The number of unbranched alkanes of at least 4 members (excludes halogenated alkanes) is 1. The van der Waals surface area contributed by atoms with Gasteiger partial charge in [0.1, 0.15) is 0 Å². The van der Waals surface area contributed by atoms with Crippen LogP contribution in [0.2, 0.25) is 0 Å². The molecule has 0 aromatic heterocycles. The minimum absolute atomic E-state index is 0.227. The summed E-state index contributed by atoms with van der Waals surface area (Å²) in [7, 11) is 1.37. The van der Waals surface area contributed by atoms with Gasteiger partial charge < -0.3 is 14.2 Å². The summed E-state index contributed by atoms with van der Waals surface area (Å²) < 4.78 is 16.2. The number of carbonyl (C=O) groups is 1. The second-order valence-corrected chi connectivity index (χ2v) is 10.8. The molecule has 1 aliphatic carbocycles. The van der Waals surface area contributed by atoms with Crippen molar-refractivity contribution in [2.75, 3.05) is 13.7 Å². The van der Waals surface area contributed by atoms with Crippen LogP contribution >= 0.6 is 11.6 Å². The molecule has 5 heteroatoms. The monoisotopic (exact) mass is 480 g/mol. The Morgan fingerprint density at radius 1 is 1.15 bits per heavy atom. The SMILES string of the molecule is CCCCC(C)(C)CC=C[C@H]1CCC(Cl)[C@@H]1CC=CCC=C(OC1CCCCO1)C(=O)OC. The summed E-state index contributed by atoms with van der Waals surface area (Å²) in [6, 6.07) is 0. The number of halogens is 1. The summed E-state index contributed by atoms with van der Waals surface area (Å²) >= 11 is 6.67. The molecular weight excluding hydrogens is 436 g/mol. The fourth-order valence-corrected chi connectivity index (χ4v) is 5.09. The number of esters is 1. The van der Waals surface area contributed by atoms with E-state index in [2.05, 4.69) is 45.1 Å². The normalized spacial score (nSPS) is 26.9. The molecule has 1 saturated carbocycles. The third-order valence-electron chi connectivity index (χ3n) is 6.85. The molecule has 0 radical (unpaired) electrons. The summed E-state index contributed by atoms with van der Waals surface area (Å²) in [5.74, 6) is 0.791. The highest BCUT2D eigenvalue weighted by molar-refractivity contribution is 6.21. The Morgan fingerprint density at radius 2 is 1.97 bits per heavy atom. The van der Waals surface area contributed by atoms with E-state index in [1.54, 1.807) is 6.08 Å². The van der Waals surface area contributed by atoms with Crippen molar-refractivity contribution in [2.24, 2.45) is 17.3 Å². The van der Waals surface area contributed by atoms with Crippen molar-refractivity contribution in [3.8, 4) is 0 Å². The Kier molecular flexibility index (Phi) is 12.6. The third-order valence-corrected chi connectivity index (χ3v) is 7.39. The summed E-state index contributed by atoms with van der Waals surface area (Å²) in [6.07, 6.45) is 22.2. The second-order valence-electron chi connectivity index (χ2n) is 10.2. The van der Waals surface area contributed by atoms with E-state index in [9.17, 15) is 4.79 Å². The van der Waals surface area contributed by atoms with Gasteiger partial charge in [0, 0.05) is 11.8 Å². The molecule has 33 heavy (non-hydrogen) atoms. The molecule has 188 valence electrons. The third kappa shape index (κ3) is 10.3. The van der Waals surface area contributed by atoms with Crippen LogP contribution < -0.4 is 0 Å². The lowest BCUT2D eigenvalue weighted by molar-refractivity contribution is -0.162. The quantitative estimate of drug-likeness (QED) is 0.0889. The van der Waals surface area contributed by atoms with Gasteiger partial charge in [0.15, 0.2) is 6.29 Å². The first-order valence-electron chi connectivity index (χ1n) is 12.9. The molecule has 0 N–H and O–H groups in total. The van der Waals surface area contributed by atoms with Crippen molar-refractivity contribution in [3.05, 3.63) is 36.1 Å². The summed E-state index contributed by atoms with van der Waals surface area (Å²) in [5, 5.41) is 0.227. The van der Waals surface area contributed by atoms with Crippen molar-refractivity contribution >= 4 is 17.6 Å². The van der Waals surface area contributed by atoms with E-state index in [-0.39, 0.29) is 17.4 Å². The molecular formula is C28H45ClO4. The van der Waals surface area contributed by atoms with Gasteiger partial charge in [-0.2, -0.15) is 0 Å². The van der Waals surface area contributed by atoms with Gasteiger partial charge in [0.05, 0.1) is 13.7 Å². The molecule has 0 aromatic carbocycles. The molecule has 0 amide bonds. The van der Waals surface area contributed by atoms with E-state index in [4.69, 9.17) is 25.8 Å². The first kappa shape index (κ1) is 28.0. The Hall–Kier alpha value is -1.26. The van der Waals surface area contributed by atoms with Crippen LogP contribution in [0.15, 0.2) is 36.1 Å². The van der Waals surface area contributed by atoms with E-state index >= 15 is 0 Å². The molecule has 0 aromatic rings. The molecule has 1 saturated heterocycles. The zero-order valence-electron chi connectivity index (χ0n) is 21.2. The largest absolute Gasteiger partial charge is 0.463 e. The van der Waals surface area contributed by atoms with Crippen molar-refractivity contribution in [1.29, 1.82) is 0 Å². The van der Waals surface area contributed by atoms with E-state index in [1.807, 2.05) is 0 Å². The van der Waals surface area contributed by atoms with E-state index in [0.717, 1.165) is 38.5 Å². The van der Waals surface area contributed by atoms with Crippen LogP contribution in [0.3, 0.4) is 0 Å². The van der Waals surface area contributed by atoms with E-state index in [1.165, 1.54) is 32.8 Å². The predicted octanol–water partition coefficient (Wildman–Crippen LogP) is 7.72. The van der Waals surface area contributed by atoms with Crippen LogP contribution in [0.25, 0.3) is 0 Å². The number of alkyl halides is 1. The maximum atomic E-state index is 12.1. The number of ether oxygens (including phenoxy) is 3. The average Bonchev–Trinajstić information content (AvgIpc) is 3.16. The number of hydrogen-bond donors (Lipinski definition) is 0. The molecule has 2 fully saturated rings. The number of hydrogen-bond acceptors (Lipinski definition) is 4. The van der Waals surface area contributed by atoms with Gasteiger partial charge in [-0.15, -0.1) is 11.6 Å². The zero-order chi connectivity index (χ0) is 24.1. The fourth-order valence-electron chi connectivity index (χ4n) is 4.68. The molecule has 2 rings (SSSR count). The highest BCUT2D eigenvalue weighted by atomic mass is 35.5. The predicted molar refractivity (Wildman–Crippen MR) is 136 cm³/mol. The lowest BCUT2D eigenvalue weighted by atomic mass is 9.83. The van der Waals surface area contributed by atoms with Gasteiger partial charge in [0.2, 0.25) is 5.76 Å². The minimum atomic E-state index is -0.457. The summed E-state index contributed by atoms with van der Waals surface area (Å²) in [6.45, 7) is 7.66. The summed E-state index contributed by atoms with van der Waals surface area (Å²) in [5.41, 5.74) is 0.370. The van der Waals surface area contributed by atoms with Crippen LogP contribution in [0, 0.1) is 17.3 Å². The fraction of sp³-hybridized carbons (Fsp3) is 0.750. The van der Waals surface area contributed by atoms with Crippen molar-refractivity contribution in [2.45, 2.75) is 103 Å². The standard InChI is InChI=1S/C28H45ClO4/c1-5-6-19-28(2,3)20-12-13-22-17-18-24(29)23(22)14-8-7-9-15-25(27(30)31-4)33-26-16-10-11-21-32-26/h7-8,12-13,15,22-24,26H,5-6,9-11,14,16-21H2,1-4H3/t22-,23+,24?,26?/m0/s1. The topological polar surface area (TPSA) is 44.8 Å². The smallest absolute Gasteiger partial charge is 0.373 e. The molecule has 1 heterocycles. The average molecular weight is 481 g/mol. The van der Waals surface area contributed by atoms with Gasteiger partial charge >= 0.3 is 5.97 Å². The van der Waals surface area contributed by atoms with Crippen LogP contribution in [-0.4, -0.2) is 31.4 Å². The Bertz CT molecular complexity index is 661. The number of allylic oxidation sites excluding steroid dienone is 5. The van der Waals surface area contributed by atoms with Gasteiger partial charge in [-0.25, -0.2) is 4.79 Å². The lowest BCUT2D eigenvalue weighted by Crippen LogP contribution is -2.24. The summed E-state index contributed by atoms with van der Waals surface area (Å²) in [4.78, 5) is 12.1. The van der Waals surface area contributed by atoms with Crippen LogP contribution in [-0.2, 0) is 19.0 Å². The van der Waals surface area contributed by atoms with E-state index in [0.29, 0.717) is 30.3 Å². The molecule has 1 aliphatic heterocycles. The molecule has 4 nitrogen and oxygen atoms in total.